The Labute approximate surface area is 226 Å². The van der Waals surface area contributed by atoms with Gasteiger partial charge < -0.3 is 14.8 Å². The predicted octanol–water partition coefficient (Wildman–Crippen LogP) is 4.37. The Balaban J connectivity index is 1.18. The van der Waals surface area contributed by atoms with Gasteiger partial charge in [-0.3, -0.25) is 9.88 Å². The number of benzene rings is 1. The lowest BCUT2D eigenvalue weighted by atomic mass is 10.0. The number of thiazole rings is 1. The second kappa shape index (κ2) is 10.9. The normalized spacial score (nSPS) is 15.8. The highest BCUT2D eigenvalue weighted by Crippen LogP contribution is 2.41. The van der Waals surface area contributed by atoms with Crippen LogP contribution in [0.3, 0.4) is 0 Å². The number of hydrogen-bond acceptors (Lipinski definition) is 9. The van der Waals surface area contributed by atoms with Crippen molar-refractivity contribution >= 4 is 17.0 Å². The van der Waals surface area contributed by atoms with Crippen LogP contribution in [0.2, 0.25) is 0 Å². The first kappa shape index (κ1) is 25.7. The fourth-order valence-electron chi connectivity index (χ4n) is 4.65. The molecule has 1 fully saturated rings. The van der Waals surface area contributed by atoms with E-state index >= 15 is 0 Å². The summed E-state index contributed by atoms with van der Waals surface area (Å²) in [5, 5.41) is 7.57. The number of alkyl halides is 3. The van der Waals surface area contributed by atoms with E-state index in [9.17, 15) is 13.2 Å². The number of aromatic nitrogens is 5. The minimum Gasteiger partial charge on any atom is -0.492 e. The van der Waals surface area contributed by atoms with Crippen LogP contribution in [0, 0.1) is 0 Å². The summed E-state index contributed by atoms with van der Waals surface area (Å²) in [7, 11) is 0. The summed E-state index contributed by atoms with van der Waals surface area (Å²) in [5.74, 6) is 0.765. The molecule has 1 N–H and O–H groups in total. The minimum absolute atomic E-state index is 0.104. The third kappa shape index (κ3) is 5.89. The number of halogens is 3. The van der Waals surface area contributed by atoms with Crippen LogP contribution in [0.1, 0.15) is 4.88 Å². The Morgan fingerprint density at radius 1 is 1.05 bits per heavy atom. The zero-order valence-corrected chi connectivity index (χ0v) is 21.8. The molecule has 5 heterocycles. The maximum absolute atomic E-state index is 13.0. The fourth-order valence-corrected chi connectivity index (χ4v) is 5.70. The van der Waals surface area contributed by atoms with Crippen molar-refractivity contribution in [3.63, 3.8) is 0 Å². The van der Waals surface area contributed by atoms with Crippen LogP contribution >= 0.6 is 11.3 Å². The van der Waals surface area contributed by atoms with Gasteiger partial charge in [0.25, 0.3) is 0 Å². The van der Waals surface area contributed by atoms with E-state index in [4.69, 9.17) is 9.47 Å². The molecule has 6 rings (SSSR count). The highest BCUT2D eigenvalue weighted by atomic mass is 32.1. The lowest BCUT2D eigenvalue weighted by molar-refractivity contribution is -0.142. The third-order valence-corrected chi connectivity index (χ3v) is 7.69. The third-order valence-electron chi connectivity index (χ3n) is 6.58. The number of hydrogen-bond donors (Lipinski definition) is 1. The van der Waals surface area contributed by atoms with Crippen molar-refractivity contribution in [3.8, 4) is 39.1 Å². The van der Waals surface area contributed by atoms with E-state index in [0.717, 1.165) is 77.8 Å². The molecule has 0 saturated carbocycles. The number of nitrogens with one attached hydrogen (secondary N) is 1. The summed E-state index contributed by atoms with van der Waals surface area (Å²) < 4.78 is 51.2. The van der Waals surface area contributed by atoms with E-state index in [1.165, 1.54) is 11.3 Å². The van der Waals surface area contributed by atoms with Crippen LogP contribution in [-0.2, 0) is 17.7 Å². The van der Waals surface area contributed by atoms with Crippen LogP contribution in [-0.4, -0.2) is 81.8 Å². The Hall–Kier alpha value is -3.55. The van der Waals surface area contributed by atoms with Crippen molar-refractivity contribution in [3.05, 3.63) is 47.7 Å². The highest BCUT2D eigenvalue weighted by molar-refractivity contribution is 7.15. The van der Waals surface area contributed by atoms with Gasteiger partial charge >= 0.3 is 6.18 Å². The second-order valence-corrected chi connectivity index (χ2v) is 10.4. The molecule has 0 amide bonds. The van der Waals surface area contributed by atoms with Gasteiger partial charge in [-0.25, -0.2) is 14.6 Å². The van der Waals surface area contributed by atoms with E-state index in [2.05, 4.69) is 30.3 Å². The highest BCUT2D eigenvalue weighted by Gasteiger charge is 2.31. The van der Waals surface area contributed by atoms with Crippen molar-refractivity contribution in [2.24, 2.45) is 0 Å². The molecule has 0 bridgehead atoms. The topological polar surface area (TPSA) is 90.2 Å². The monoisotopic (exact) mass is 557 g/mol. The molecule has 39 heavy (non-hydrogen) atoms. The number of pyridine rings is 1. The largest absolute Gasteiger partial charge is 0.492 e. The molecule has 2 aliphatic rings. The molecule has 1 aromatic carbocycles. The number of ether oxygens (including phenoxy) is 2. The lowest BCUT2D eigenvalue weighted by Crippen LogP contribution is -2.39. The van der Waals surface area contributed by atoms with E-state index in [-0.39, 0.29) is 5.82 Å². The molecule has 2 aliphatic heterocycles. The van der Waals surface area contributed by atoms with Gasteiger partial charge in [0.05, 0.1) is 43.1 Å². The number of nitrogens with zero attached hydrogens (tertiary/aromatic N) is 6. The standard InChI is InChI=1S/C26H26F3N7O2S/c27-26(28,29)15-36-24(32-16-33-36)25-34-23-19-3-1-17(13-21(19)38-10-5-22(23)39-25)20-4-2-18(14-31-20)30-6-7-35-8-11-37-12-9-35/h1-4,13-14,16,30H,5-12,15H2. The maximum atomic E-state index is 13.0. The SMILES string of the molecule is FC(F)(F)Cn1ncnc1-c1nc2c(s1)CCOc1cc(-c3ccc(NCCN4CCOCC4)cn3)ccc1-2. The van der Waals surface area contributed by atoms with Crippen molar-refractivity contribution in [1.29, 1.82) is 0 Å². The quantitative estimate of drug-likeness (QED) is 0.358. The van der Waals surface area contributed by atoms with Crippen LogP contribution in [0.15, 0.2) is 42.9 Å². The van der Waals surface area contributed by atoms with Crippen molar-refractivity contribution in [1.82, 2.24) is 29.6 Å². The van der Waals surface area contributed by atoms with E-state index in [1.54, 1.807) is 0 Å². The van der Waals surface area contributed by atoms with Gasteiger partial charge in [0.15, 0.2) is 10.8 Å². The molecule has 9 nitrogen and oxygen atoms in total. The Morgan fingerprint density at radius 2 is 1.92 bits per heavy atom. The first-order chi connectivity index (χ1) is 18.9. The minimum atomic E-state index is -4.40. The van der Waals surface area contributed by atoms with Crippen LogP contribution < -0.4 is 10.1 Å². The van der Waals surface area contributed by atoms with E-state index in [0.29, 0.717) is 29.5 Å². The summed E-state index contributed by atoms with van der Waals surface area (Å²) in [6, 6.07) is 9.79. The van der Waals surface area contributed by atoms with Crippen molar-refractivity contribution < 1.29 is 22.6 Å². The molecule has 204 valence electrons. The Kier molecular flexibility index (Phi) is 7.19. The van der Waals surface area contributed by atoms with Gasteiger partial charge in [-0.05, 0) is 24.3 Å². The van der Waals surface area contributed by atoms with E-state index in [1.807, 2.05) is 36.5 Å². The van der Waals surface area contributed by atoms with Gasteiger partial charge in [0, 0.05) is 48.6 Å². The molecular formula is C26H26F3N7O2S. The average molecular weight is 558 g/mol. The number of anilines is 1. The molecule has 3 aromatic heterocycles. The molecule has 4 aromatic rings. The molecule has 0 aliphatic carbocycles. The first-order valence-electron chi connectivity index (χ1n) is 12.7. The molecule has 13 heteroatoms. The molecule has 0 radical (unpaired) electrons. The molecule has 0 atom stereocenters. The molecular weight excluding hydrogens is 531 g/mol. The number of rotatable bonds is 7. The first-order valence-corrected chi connectivity index (χ1v) is 13.5. The zero-order chi connectivity index (χ0) is 26.8. The van der Waals surface area contributed by atoms with Crippen LogP contribution in [0.25, 0.3) is 33.3 Å². The summed E-state index contributed by atoms with van der Waals surface area (Å²) in [5.41, 5.74) is 4.15. The maximum Gasteiger partial charge on any atom is 0.408 e. The number of morpholine rings is 1. The smallest absolute Gasteiger partial charge is 0.408 e. The van der Waals surface area contributed by atoms with Crippen LogP contribution in [0.5, 0.6) is 5.75 Å². The van der Waals surface area contributed by atoms with Gasteiger partial charge in [0.2, 0.25) is 0 Å². The van der Waals surface area contributed by atoms with Gasteiger partial charge in [-0.2, -0.15) is 18.3 Å². The molecule has 1 saturated heterocycles. The van der Waals surface area contributed by atoms with Gasteiger partial charge in [-0.1, -0.05) is 6.07 Å². The predicted molar refractivity (Wildman–Crippen MR) is 141 cm³/mol. The van der Waals surface area contributed by atoms with Crippen molar-refractivity contribution in [2.75, 3.05) is 51.3 Å². The summed E-state index contributed by atoms with van der Waals surface area (Å²) in [6.07, 6.45) is -0.871. The fraction of sp³-hybridized carbons (Fsp3) is 0.385. The van der Waals surface area contributed by atoms with Crippen molar-refractivity contribution in [2.45, 2.75) is 19.1 Å². The van der Waals surface area contributed by atoms with Gasteiger partial charge in [0.1, 0.15) is 18.6 Å². The number of fused-ring (bicyclic) bond motifs is 3. The average Bonchev–Trinajstić information content (AvgIpc) is 3.51. The molecule has 0 unspecified atom stereocenters. The summed E-state index contributed by atoms with van der Waals surface area (Å²) in [6.45, 7) is 4.50. The zero-order valence-electron chi connectivity index (χ0n) is 20.9. The van der Waals surface area contributed by atoms with Crippen LogP contribution in [0.4, 0.5) is 18.9 Å². The Bertz CT molecular complexity index is 1430. The lowest BCUT2D eigenvalue weighted by Gasteiger charge is -2.26. The summed E-state index contributed by atoms with van der Waals surface area (Å²) in [4.78, 5) is 16.7. The molecule has 0 spiro atoms. The Morgan fingerprint density at radius 3 is 2.72 bits per heavy atom. The van der Waals surface area contributed by atoms with E-state index < -0.39 is 12.7 Å². The van der Waals surface area contributed by atoms with Gasteiger partial charge in [-0.15, -0.1) is 11.3 Å². The second-order valence-electron chi connectivity index (χ2n) is 9.27. The summed E-state index contributed by atoms with van der Waals surface area (Å²) >= 11 is 1.32.